The predicted molar refractivity (Wildman–Crippen MR) is 534 cm³/mol. The number of benzene rings is 5. The van der Waals surface area contributed by atoms with Gasteiger partial charge in [-0.3, -0.25) is 0 Å². The summed E-state index contributed by atoms with van der Waals surface area (Å²) in [6.07, 6.45) is 8.06. The van der Waals surface area contributed by atoms with Crippen LogP contribution < -0.4 is 22.8 Å². The molecule has 15 heterocycles. The van der Waals surface area contributed by atoms with E-state index < -0.39 is 64.7 Å². The third-order valence-electron chi connectivity index (χ3n) is 24.8. The van der Waals surface area contributed by atoms with Crippen molar-refractivity contribution in [2.45, 2.75) is 199 Å². The summed E-state index contributed by atoms with van der Waals surface area (Å²) in [4.78, 5) is 22.9. The van der Waals surface area contributed by atoms with Crippen LogP contribution in [-0.2, 0) is 80.2 Å². The average molecular weight is 1760 g/mol. The SMILES string of the molecule is [2H]C([2H])([2H])Cc1ccc(-c2c(C)ccc3c2oc2nc(C([2H])(C)C)ccc23)[n+](C)c1.[2H]C([2H])([2H])Cc1ccc(-c2c(C)ccc3c2oc2nc(C)ccc23)[n+](C)c1.[2H]C([2H])([2H])Cc1ccc(-c2c(C)ccc3c2oc2nc(CC([2H])(C)C([2H])([2H])[2H])ccc23)[n+](C)c1.[2H]C([2H])([2H])Cc1ccc(-c2c(C)ccc3c2oc2nc(CC)ccc23)[n+](C)c1.[2H]C1([2H])CCCC([2H])([2H])C1([2H])c1ccc2c(n1)oc1c(-c3ccc(CC)c[n+]3C)c(C)ccc12. The fourth-order valence-corrected chi connectivity index (χ4v) is 17.8. The molecule has 1 unspecified atom stereocenters. The van der Waals surface area contributed by atoms with Crippen molar-refractivity contribution < 1.29 is 75.1 Å². The molecule has 15 aromatic heterocycles. The van der Waals surface area contributed by atoms with Gasteiger partial charge in [-0.15, -0.1) is 0 Å². The lowest BCUT2D eigenvalue weighted by molar-refractivity contribution is -0.660. The molecule has 1 saturated carbocycles. The quantitative estimate of drug-likeness (QED) is 0.0908. The number of pyridine rings is 10. The maximum absolute atomic E-state index is 9.00. The van der Waals surface area contributed by atoms with Crippen LogP contribution in [0.4, 0.5) is 0 Å². The Morgan fingerprint density at radius 3 is 0.977 bits per heavy atom. The lowest BCUT2D eigenvalue weighted by Crippen LogP contribution is -2.31. The van der Waals surface area contributed by atoms with Crippen molar-refractivity contribution in [2.75, 3.05) is 0 Å². The van der Waals surface area contributed by atoms with Crippen molar-refractivity contribution >= 4 is 110 Å². The molecule has 0 saturated heterocycles. The summed E-state index contributed by atoms with van der Waals surface area (Å²) in [5.41, 5.74) is 28.6. The summed E-state index contributed by atoms with van der Waals surface area (Å²) < 4.78 is 213. The molecule has 15 nitrogen and oxygen atoms in total. The first-order valence-electron chi connectivity index (χ1n) is 55.6. The van der Waals surface area contributed by atoms with Gasteiger partial charge in [0.25, 0.3) is 0 Å². The lowest BCUT2D eigenvalue weighted by Gasteiger charge is -2.20. The second kappa shape index (κ2) is 38.0. The largest absolute Gasteiger partial charge is 0.437 e. The van der Waals surface area contributed by atoms with Crippen LogP contribution in [0.5, 0.6) is 0 Å². The number of fused-ring (bicyclic) bond motifs is 15. The number of aryl methyl sites for hydroxylation is 17. The monoisotopic (exact) mass is 1760 g/mol. The van der Waals surface area contributed by atoms with Gasteiger partial charge in [-0.2, -0.15) is 0 Å². The van der Waals surface area contributed by atoms with E-state index in [0.717, 1.165) is 201 Å². The van der Waals surface area contributed by atoms with Crippen LogP contribution in [0.25, 0.3) is 167 Å². The van der Waals surface area contributed by atoms with Crippen LogP contribution in [0.3, 0.4) is 0 Å². The Hall–Kier alpha value is -13.4. The third-order valence-corrected chi connectivity index (χ3v) is 24.8. The molecular weight excluding hydrogens is 1610 g/mol. The van der Waals surface area contributed by atoms with Gasteiger partial charge in [0, 0.05) is 177 Å². The molecule has 0 amide bonds. The fraction of sp³-hybridized carbons (Fsp3) is 0.310. The van der Waals surface area contributed by atoms with Gasteiger partial charge >= 0.3 is 0 Å². The van der Waals surface area contributed by atoms with Gasteiger partial charge in [0.05, 0.1) is 27.8 Å². The van der Waals surface area contributed by atoms with E-state index in [1.165, 1.54) is 12.5 Å². The van der Waals surface area contributed by atoms with Crippen LogP contribution >= 0.6 is 0 Å². The molecular formula is C116H125N10O5+5. The normalized spacial score (nSPS) is 17.0. The summed E-state index contributed by atoms with van der Waals surface area (Å²) in [6, 6.07) is 58.9. The first kappa shape index (κ1) is 66.0. The van der Waals surface area contributed by atoms with E-state index in [2.05, 4.69) is 118 Å². The highest BCUT2D eigenvalue weighted by Gasteiger charge is 2.29. The molecule has 1 atom stereocenters. The van der Waals surface area contributed by atoms with Gasteiger partial charge in [-0.25, -0.2) is 47.8 Å². The van der Waals surface area contributed by atoms with Gasteiger partial charge in [-0.05, 0) is 230 Å². The molecule has 0 N–H and O–H groups in total. The fourth-order valence-electron chi connectivity index (χ4n) is 17.8. The summed E-state index contributed by atoms with van der Waals surface area (Å²) in [7, 11) is 9.68. The molecule has 0 spiro atoms. The molecule has 664 valence electrons. The Kier molecular flexibility index (Phi) is 19.1. The predicted octanol–water partition coefficient (Wildman–Crippen LogP) is 27.0. The van der Waals surface area contributed by atoms with E-state index in [-0.39, 0.29) is 50.6 Å². The summed E-state index contributed by atoms with van der Waals surface area (Å²) in [5, 5.41) is 9.32. The van der Waals surface area contributed by atoms with E-state index in [1.54, 1.807) is 32.0 Å². The van der Waals surface area contributed by atoms with Crippen molar-refractivity contribution in [3.05, 3.63) is 297 Å². The van der Waals surface area contributed by atoms with Crippen molar-refractivity contribution in [1.29, 1.82) is 0 Å². The van der Waals surface area contributed by atoms with Gasteiger partial charge < -0.3 is 22.1 Å². The molecule has 15 heteroatoms. The molecule has 1 aliphatic carbocycles. The highest BCUT2D eigenvalue weighted by Crippen LogP contribution is 2.44. The number of aromatic nitrogens is 10. The van der Waals surface area contributed by atoms with Crippen LogP contribution in [0, 0.1) is 47.4 Å². The third kappa shape index (κ3) is 17.8. The molecule has 5 aromatic carbocycles. The van der Waals surface area contributed by atoms with Gasteiger partial charge in [0.15, 0.2) is 58.9 Å². The van der Waals surface area contributed by atoms with Crippen molar-refractivity contribution in [3.63, 3.8) is 0 Å². The van der Waals surface area contributed by atoms with Gasteiger partial charge in [-0.1, -0.05) is 149 Å². The lowest BCUT2D eigenvalue weighted by atomic mass is 9.86. The molecule has 131 heavy (non-hydrogen) atoms. The van der Waals surface area contributed by atoms with E-state index in [9.17, 15) is 0 Å². The first-order valence-corrected chi connectivity index (χ1v) is 44.6. The summed E-state index contributed by atoms with van der Waals surface area (Å²) in [6.45, 7) is 10.9. The van der Waals surface area contributed by atoms with E-state index in [1.807, 2.05) is 215 Å². The molecule has 0 aliphatic heterocycles. The highest BCUT2D eigenvalue weighted by atomic mass is 16.4. The minimum absolute atomic E-state index is 0.00714. The second-order valence-electron chi connectivity index (χ2n) is 34.5. The number of rotatable bonds is 15. The topological polar surface area (TPSA) is 150 Å². The molecule has 20 aromatic rings. The molecule has 0 radical (unpaired) electrons. The van der Waals surface area contributed by atoms with E-state index in [4.69, 9.17) is 52.2 Å². The maximum Gasteiger partial charge on any atom is 0.227 e. The van der Waals surface area contributed by atoms with Crippen molar-refractivity contribution in [1.82, 2.24) is 24.9 Å². The van der Waals surface area contributed by atoms with Crippen LogP contribution in [0.1, 0.15) is 227 Å². The highest BCUT2D eigenvalue weighted by molar-refractivity contribution is 6.13. The van der Waals surface area contributed by atoms with Gasteiger partial charge in [0.1, 0.15) is 35.2 Å². The zero-order valence-electron chi connectivity index (χ0n) is 99.3. The smallest absolute Gasteiger partial charge is 0.227 e. The van der Waals surface area contributed by atoms with Crippen molar-refractivity contribution in [3.8, 4) is 56.3 Å². The Morgan fingerprint density at radius 2 is 0.641 bits per heavy atom. The minimum atomic E-state index is -2.43. The van der Waals surface area contributed by atoms with Crippen LogP contribution in [-0.4, -0.2) is 24.9 Å². The zero-order chi connectivity index (χ0) is 111. The number of nitrogens with zero attached hydrogens (tertiary/aromatic N) is 10. The Morgan fingerprint density at radius 1 is 0.336 bits per heavy atom. The second-order valence-corrected chi connectivity index (χ2v) is 34.5. The Balaban J connectivity index is 0.000000130. The molecule has 0 bridgehead atoms. The Bertz CT molecular complexity index is 8760. The van der Waals surface area contributed by atoms with Crippen LogP contribution in [0.15, 0.2) is 235 Å². The number of furan rings is 5. The number of hydrogen-bond acceptors (Lipinski definition) is 10. The first-order chi connectivity index (χ1) is 71.6. The summed E-state index contributed by atoms with van der Waals surface area (Å²) >= 11 is 0. The van der Waals surface area contributed by atoms with Crippen molar-refractivity contribution in [2.24, 2.45) is 41.1 Å². The standard InChI is InChI=1S/C26H29N2O.C24H27N2O.C23H25N2O.C22H23N2O.C21H21N2O/c1-4-18-11-15-23(28(3)16-18)24-17(2)10-12-20-21-13-14-22(19-8-6-5-7-9-19)27-26(21)29-25(20)24;1-6-17-8-12-21(26(5)14-17)22-16(4)7-10-19-20-11-9-18(13-15(2)3)25-24(20)27-23(19)22;1-6-16-8-12-20(25(5)13-16)21-15(4)7-9-17-18-10-11-19(14(2)3)24-23(18)26-22(17)21;1-5-15-8-12-19(24(4)13-15)20-14(3)7-10-17-18-11-9-16(6-2)23-22(18)25-21(17)20;1-5-15-8-11-18(23(4)12-15)19-13(2)6-9-16-17-10-7-14(3)22-21(17)24-20(16)19/h10-16,19H,4-9H2,1-3H3;7-12,14-15H,6,13H2,1-5H3;7-14H,6H2,1-5H3;7-13H,5-6H2,1-4H3;6-12H,5H2,1-4H3/q5*+1/i8D2,9D2,19D;1D3,2D3,15D;1D3,14D;2*1D3. The Labute approximate surface area is 800 Å². The van der Waals surface area contributed by atoms with E-state index >= 15 is 0 Å². The number of hydrogen-bond donors (Lipinski definition) is 0. The average Bonchev–Trinajstić information content (AvgIpc) is 1.64. The maximum atomic E-state index is 9.00. The molecule has 21 rings (SSSR count). The zero-order valence-corrected chi connectivity index (χ0v) is 77.3. The van der Waals surface area contributed by atoms with Gasteiger partial charge in [0.2, 0.25) is 57.0 Å². The van der Waals surface area contributed by atoms with Crippen LogP contribution in [0.2, 0.25) is 0 Å². The van der Waals surface area contributed by atoms with E-state index in [0.29, 0.717) is 57.5 Å². The molecule has 1 aliphatic rings. The minimum Gasteiger partial charge on any atom is -0.437 e. The summed E-state index contributed by atoms with van der Waals surface area (Å²) in [5.74, 6) is -4.59. The molecule has 1 fully saturated rings.